The molecule has 2 aromatic heterocycles. The number of hydrogen-bond acceptors (Lipinski definition) is 5. The minimum absolute atomic E-state index is 0.307. The molecule has 2 N–H and O–H groups in total. The van der Waals surface area contributed by atoms with Crippen molar-refractivity contribution >= 4 is 17.6 Å². The van der Waals surface area contributed by atoms with Crippen LogP contribution in [0, 0.1) is 5.82 Å². The van der Waals surface area contributed by atoms with Crippen molar-refractivity contribution in [3.63, 3.8) is 0 Å². The summed E-state index contributed by atoms with van der Waals surface area (Å²) >= 11 is 1.66. The molecule has 24 heavy (non-hydrogen) atoms. The van der Waals surface area contributed by atoms with E-state index in [1.807, 2.05) is 18.2 Å². The lowest BCUT2D eigenvalue weighted by Crippen LogP contribution is -1.95. The van der Waals surface area contributed by atoms with Gasteiger partial charge in [0.05, 0.1) is 18.1 Å². The fourth-order valence-corrected chi connectivity index (χ4v) is 3.18. The Morgan fingerprint density at radius 2 is 1.88 bits per heavy atom. The molecule has 0 aliphatic rings. The Morgan fingerprint density at radius 3 is 2.54 bits per heavy atom. The third kappa shape index (κ3) is 3.54. The molecule has 0 atom stereocenters. The highest BCUT2D eigenvalue weighted by molar-refractivity contribution is 7.99. The van der Waals surface area contributed by atoms with Crippen LogP contribution in [0.1, 0.15) is 13.8 Å². The van der Waals surface area contributed by atoms with E-state index in [-0.39, 0.29) is 5.82 Å². The van der Waals surface area contributed by atoms with E-state index in [1.54, 1.807) is 24.0 Å². The first-order valence-corrected chi connectivity index (χ1v) is 8.42. The highest BCUT2D eigenvalue weighted by atomic mass is 32.2. The summed E-state index contributed by atoms with van der Waals surface area (Å²) in [6, 6.07) is 8.90. The Balaban J connectivity index is 2.00. The average molecular weight is 340 g/mol. The molecule has 1 aromatic carbocycles. The van der Waals surface area contributed by atoms with E-state index in [0.717, 1.165) is 16.2 Å². The zero-order chi connectivity index (χ0) is 17.1. The van der Waals surface area contributed by atoms with Crippen LogP contribution in [0.5, 0.6) is 0 Å². The van der Waals surface area contributed by atoms with Crippen LogP contribution in [-0.2, 0) is 0 Å². The van der Waals surface area contributed by atoms with Gasteiger partial charge in [0, 0.05) is 22.6 Å². The van der Waals surface area contributed by atoms with Crippen molar-refractivity contribution in [2.45, 2.75) is 24.1 Å². The van der Waals surface area contributed by atoms with E-state index in [2.05, 4.69) is 28.8 Å². The molecule has 0 radical (unpaired) electrons. The number of nitrogens with two attached hydrogens (primary N) is 1. The van der Waals surface area contributed by atoms with Gasteiger partial charge in [0.2, 0.25) is 0 Å². The highest BCUT2D eigenvalue weighted by Gasteiger charge is 2.13. The summed E-state index contributed by atoms with van der Waals surface area (Å²) in [5.41, 5.74) is 8.08. The van der Waals surface area contributed by atoms with E-state index in [1.165, 1.54) is 18.5 Å². The van der Waals surface area contributed by atoms with Gasteiger partial charge in [0.25, 0.3) is 0 Å². The third-order valence-electron chi connectivity index (χ3n) is 3.35. The predicted octanol–water partition coefficient (Wildman–Crippen LogP) is 4.43. The Morgan fingerprint density at radius 1 is 1.04 bits per heavy atom. The molecule has 122 valence electrons. The molecule has 0 aliphatic heterocycles. The molecule has 4 nitrogen and oxygen atoms in total. The lowest BCUT2D eigenvalue weighted by molar-refractivity contribution is 0.631. The second-order valence-corrected chi connectivity index (χ2v) is 7.11. The van der Waals surface area contributed by atoms with Gasteiger partial charge >= 0.3 is 0 Å². The summed E-state index contributed by atoms with van der Waals surface area (Å²) in [6.45, 7) is 4.21. The fourth-order valence-electron chi connectivity index (χ4n) is 2.30. The predicted molar refractivity (Wildman–Crippen MR) is 96.1 cm³/mol. The van der Waals surface area contributed by atoms with Crippen LogP contribution in [0.2, 0.25) is 0 Å². The SMILES string of the molecule is CC(C)Sc1ncccc1-c1ccc(-c2cnc(N)cn2)c(F)c1. The second kappa shape index (κ2) is 6.97. The standard InChI is InChI=1S/C18H17FN4S/c1-11(2)24-18-13(4-3-7-21-18)12-5-6-14(15(19)8-12)16-9-23-17(20)10-22-16/h3-11H,1-2H3,(H2,20,23). The van der Waals surface area contributed by atoms with Gasteiger partial charge in [-0.2, -0.15) is 0 Å². The van der Waals surface area contributed by atoms with Gasteiger partial charge in [-0.1, -0.05) is 26.0 Å². The van der Waals surface area contributed by atoms with E-state index in [0.29, 0.717) is 22.3 Å². The van der Waals surface area contributed by atoms with Gasteiger partial charge in [-0.3, -0.25) is 4.98 Å². The molecule has 0 fully saturated rings. The molecule has 0 unspecified atom stereocenters. The maximum atomic E-state index is 14.6. The van der Waals surface area contributed by atoms with Crippen LogP contribution in [0.3, 0.4) is 0 Å². The molecule has 0 bridgehead atoms. The zero-order valence-corrected chi connectivity index (χ0v) is 14.2. The molecule has 0 spiro atoms. The summed E-state index contributed by atoms with van der Waals surface area (Å²) < 4.78 is 14.6. The van der Waals surface area contributed by atoms with Gasteiger partial charge in [-0.25, -0.2) is 14.4 Å². The number of nitrogen functional groups attached to an aromatic ring is 1. The summed E-state index contributed by atoms with van der Waals surface area (Å²) in [5.74, 6) is -0.0441. The maximum absolute atomic E-state index is 14.6. The fraction of sp³-hybridized carbons (Fsp3) is 0.167. The van der Waals surface area contributed by atoms with Crippen LogP contribution in [0.15, 0.2) is 53.9 Å². The first kappa shape index (κ1) is 16.4. The zero-order valence-electron chi connectivity index (χ0n) is 13.4. The number of aromatic nitrogens is 3. The largest absolute Gasteiger partial charge is 0.382 e. The number of thioether (sulfide) groups is 1. The summed E-state index contributed by atoms with van der Waals surface area (Å²) in [6.07, 6.45) is 4.64. The molecular formula is C18H17FN4S. The van der Waals surface area contributed by atoms with Crippen LogP contribution < -0.4 is 5.73 Å². The monoisotopic (exact) mass is 340 g/mol. The van der Waals surface area contributed by atoms with Gasteiger partial charge in [0.15, 0.2) is 0 Å². The smallest absolute Gasteiger partial charge is 0.141 e. The normalized spacial score (nSPS) is 11.0. The number of anilines is 1. The molecule has 2 heterocycles. The van der Waals surface area contributed by atoms with Crippen LogP contribution in [0.25, 0.3) is 22.4 Å². The molecule has 0 saturated carbocycles. The van der Waals surface area contributed by atoms with Crippen molar-refractivity contribution in [1.82, 2.24) is 15.0 Å². The minimum Gasteiger partial charge on any atom is -0.382 e. The molecule has 6 heteroatoms. The van der Waals surface area contributed by atoms with E-state index >= 15 is 0 Å². The summed E-state index contributed by atoms with van der Waals surface area (Å²) in [4.78, 5) is 12.5. The van der Waals surface area contributed by atoms with E-state index in [4.69, 9.17) is 5.73 Å². The minimum atomic E-state index is -0.351. The maximum Gasteiger partial charge on any atom is 0.141 e. The van der Waals surface area contributed by atoms with Crippen LogP contribution >= 0.6 is 11.8 Å². The van der Waals surface area contributed by atoms with Crippen molar-refractivity contribution in [2.24, 2.45) is 0 Å². The Kier molecular flexibility index (Phi) is 4.76. The number of halogens is 1. The van der Waals surface area contributed by atoms with Crippen LogP contribution in [-0.4, -0.2) is 20.2 Å². The number of pyridine rings is 1. The van der Waals surface area contributed by atoms with Crippen molar-refractivity contribution in [2.75, 3.05) is 5.73 Å². The van der Waals surface area contributed by atoms with Gasteiger partial charge in [0.1, 0.15) is 16.7 Å². The first-order chi connectivity index (χ1) is 11.5. The number of rotatable bonds is 4. The summed E-state index contributed by atoms with van der Waals surface area (Å²) in [7, 11) is 0. The van der Waals surface area contributed by atoms with Crippen molar-refractivity contribution < 1.29 is 4.39 Å². The van der Waals surface area contributed by atoms with Crippen molar-refractivity contribution in [1.29, 1.82) is 0 Å². The number of nitrogens with zero attached hydrogens (tertiary/aromatic N) is 3. The van der Waals surface area contributed by atoms with E-state index < -0.39 is 0 Å². The lowest BCUT2D eigenvalue weighted by atomic mass is 10.0. The van der Waals surface area contributed by atoms with Gasteiger partial charge in [-0.15, -0.1) is 11.8 Å². The van der Waals surface area contributed by atoms with E-state index in [9.17, 15) is 4.39 Å². The Labute approximate surface area is 144 Å². The Bertz CT molecular complexity index is 850. The van der Waals surface area contributed by atoms with Crippen molar-refractivity contribution in [3.8, 4) is 22.4 Å². The number of benzene rings is 1. The molecule has 0 saturated heterocycles. The molecule has 0 amide bonds. The molecule has 3 aromatic rings. The first-order valence-electron chi connectivity index (χ1n) is 7.54. The van der Waals surface area contributed by atoms with Gasteiger partial charge < -0.3 is 5.73 Å². The Hall–Kier alpha value is -2.47. The molecular weight excluding hydrogens is 323 g/mol. The molecule has 3 rings (SSSR count). The summed E-state index contributed by atoms with van der Waals surface area (Å²) in [5, 5.41) is 1.29. The average Bonchev–Trinajstić information content (AvgIpc) is 2.56. The highest BCUT2D eigenvalue weighted by Crippen LogP contribution is 2.33. The van der Waals surface area contributed by atoms with Crippen molar-refractivity contribution in [3.05, 3.63) is 54.7 Å². The lowest BCUT2D eigenvalue weighted by Gasteiger charge is -2.11. The topological polar surface area (TPSA) is 64.7 Å². The second-order valence-electron chi connectivity index (χ2n) is 5.54. The van der Waals surface area contributed by atoms with Gasteiger partial charge in [-0.05, 0) is 23.8 Å². The number of hydrogen-bond donors (Lipinski definition) is 1. The third-order valence-corrected chi connectivity index (χ3v) is 4.37. The molecule has 0 aliphatic carbocycles. The quantitative estimate of drug-likeness (QED) is 0.712. The van der Waals surface area contributed by atoms with Crippen LogP contribution in [0.4, 0.5) is 10.2 Å².